The third-order valence-electron chi connectivity index (χ3n) is 2.54. The molecule has 0 amide bonds. The molecule has 0 aromatic carbocycles. The lowest BCUT2D eigenvalue weighted by molar-refractivity contribution is -0.136. The van der Waals surface area contributed by atoms with Gasteiger partial charge in [0.1, 0.15) is 0 Å². The second-order valence-corrected chi connectivity index (χ2v) is 3.34. The highest BCUT2D eigenvalue weighted by atomic mass is 16.5. The molecule has 0 aromatic rings. The fourth-order valence-electron chi connectivity index (χ4n) is 1.71. The summed E-state index contributed by atoms with van der Waals surface area (Å²) in [6, 6.07) is 0.0300. The van der Waals surface area contributed by atoms with E-state index in [2.05, 4.69) is 11.9 Å². The molecule has 78 valence electrons. The van der Waals surface area contributed by atoms with Gasteiger partial charge in [0, 0.05) is 5.71 Å². The smallest absolute Gasteiger partial charge is 0.335 e. The molecule has 0 radical (unpaired) electrons. The van der Waals surface area contributed by atoms with Gasteiger partial charge in [-0.05, 0) is 26.2 Å². The maximum atomic E-state index is 11.4. The van der Waals surface area contributed by atoms with Gasteiger partial charge in [0.25, 0.3) is 0 Å². The van der Waals surface area contributed by atoms with E-state index in [9.17, 15) is 4.79 Å². The van der Waals surface area contributed by atoms with Crippen LogP contribution in [-0.2, 0) is 9.53 Å². The van der Waals surface area contributed by atoms with E-state index in [0.717, 1.165) is 19.3 Å². The first-order valence-corrected chi connectivity index (χ1v) is 5.03. The van der Waals surface area contributed by atoms with Gasteiger partial charge in [-0.25, -0.2) is 4.79 Å². The van der Waals surface area contributed by atoms with Crippen LogP contribution in [0.5, 0.6) is 0 Å². The molecule has 1 aliphatic rings. The highest BCUT2D eigenvalue weighted by Crippen LogP contribution is 2.22. The molecule has 0 N–H and O–H groups in total. The zero-order chi connectivity index (χ0) is 10.6. The molecule has 1 heterocycles. The van der Waals surface area contributed by atoms with Crippen molar-refractivity contribution in [2.75, 3.05) is 7.11 Å². The van der Waals surface area contributed by atoms with Crippen LogP contribution >= 0.6 is 0 Å². The van der Waals surface area contributed by atoms with Gasteiger partial charge in [-0.2, -0.15) is 0 Å². The Balaban J connectivity index is 2.74. The summed E-state index contributed by atoms with van der Waals surface area (Å²) >= 11 is 0. The molecular weight excluding hydrogens is 178 g/mol. The van der Waals surface area contributed by atoms with E-state index in [4.69, 9.17) is 4.74 Å². The van der Waals surface area contributed by atoms with E-state index < -0.39 is 0 Å². The normalized spacial score (nSPS) is 22.1. The van der Waals surface area contributed by atoms with Crippen LogP contribution in [0.4, 0.5) is 0 Å². The largest absolute Gasteiger partial charge is 0.466 e. The third kappa shape index (κ3) is 2.22. The Labute approximate surface area is 84.9 Å². The summed E-state index contributed by atoms with van der Waals surface area (Å²) in [5, 5.41) is 0. The first kappa shape index (κ1) is 11.0. The van der Waals surface area contributed by atoms with Gasteiger partial charge in [-0.15, -0.1) is 0 Å². The van der Waals surface area contributed by atoms with E-state index >= 15 is 0 Å². The van der Waals surface area contributed by atoms with Gasteiger partial charge < -0.3 is 4.74 Å². The van der Waals surface area contributed by atoms with Crippen molar-refractivity contribution >= 4 is 11.7 Å². The number of ether oxygens (including phenoxy) is 1. The summed E-state index contributed by atoms with van der Waals surface area (Å²) in [7, 11) is 1.41. The minimum absolute atomic E-state index is 0.0300. The zero-order valence-electron chi connectivity index (χ0n) is 9.04. The number of carbonyl (C=O) groups is 1. The van der Waals surface area contributed by atoms with Gasteiger partial charge in [0.15, 0.2) is 0 Å². The third-order valence-corrected chi connectivity index (χ3v) is 2.54. The minimum Gasteiger partial charge on any atom is -0.466 e. The number of esters is 1. The highest BCUT2D eigenvalue weighted by molar-refractivity contribution is 5.93. The van der Waals surface area contributed by atoms with Crippen molar-refractivity contribution < 1.29 is 9.53 Å². The molecule has 0 saturated heterocycles. The van der Waals surface area contributed by atoms with Crippen LogP contribution in [0, 0.1) is 0 Å². The van der Waals surface area contributed by atoms with Gasteiger partial charge >= 0.3 is 5.97 Å². The molecule has 0 spiro atoms. The standard InChI is InChI=1S/C11H17NO2/c1-4-8-6-7-10(12-8)9(5-2)11(13)14-3/h5,10H,4,6-7H2,1-3H3/b9-5+/t10-/m0/s1. The monoisotopic (exact) mass is 195 g/mol. The lowest BCUT2D eigenvalue weighted by atomic mass is 10.0. The van der Waals surface area contributed by atoms with Crippen LogP contribution in [0.1, 0.15) is 33.1 Å². The molecule has 0 aromatic heterocycles. The lowest BCUT2D eigenvalue weighted by Crippen LogP contribution is -2.15. The van der Waals surface area contributed by atoms with Crippen LogP contribution in [-0.4, -0.2) is 24.8 Å². The van der Waals surface area contributed by atoms with Crippen molar-refractivity contribution in [2.24, 2.45) is 4.99 Å². The molecule has 1 rings (SSSR count). The number of carbonyl (C=O) groups excluding carboxylic acids is 1. The summed E-state index contributed by atoms with van der Waals surface area (Å²) in [6.45, 7) is 3.94. The van der Waals surface area contributed by atoms with Gasteiger partial charge in [0.2, 0.25) is 0 Å². The van der Waals surface area contributed by atoms with Crippen molar-refractivity contribution in [1.82, 2.24) is 0 Å². The van der Waals surface area contributed by atoms with Crippen LogP contribution in [0.15, 0.2) is 16.6 Å². The molecule has 3 nitrogen and oxygen atoms in total. The van der Waals surface area contributed by atoms with E-state index in [1.54, 1.807) is 6.08 Å². The maximum Gasteiger partial charge on any atom is 0.335 e. The molecule has 14 heavy (non-hydrogen) atoms. The molecule has 0 saturated carbocycles. The fraction of sp³-hybridized carbons (Fsp3) is 0.636. The predicted octanol–water partition coefficient (Wildman–Crippen LogP) is 2.12. The van der Waals surface area contributed by atoms with Gasteiger partial charge in [0.05, 0.1) is 18.7 Å². The fourth-order valence-corrected chi connectivity index (χ4v) is 1.71. The van der Waals surface area contributed by atoms with Crippen molar-refractivity contribution in [3.05, 3.63) is 11.6 Å². The number of nitrogens with zero attached hydrogens (tertiary/aromatic N) is 1. The summed E-state index contributed by atoms with van der Waals surface area (Å²) < 4.78 is 4.71. The second kappa shape index (κ2) is 4.94. The van der Waals surface area contributed by atoms with Crippen molar-refractivity contribution in [3.8, 4) is 0 Å². The van der Waals surface area contributed by atoms with E-state index in [1.807, 2.05) is 6.92 Å². The zero-order valence-corrected chi connectivity index (χ0v) is 9.04. The van der Waals surface area contributed by atoms with E-state index in [-0.39, 0.29) is 12.0 Å². The number of allylic oxidation sites excluding steroid dienone is 1. The first-order chi connectivity index (χ1) is 6.72. The Bertz CT molecular complexity index is 279. The summed E-state index contributed by atoms with van der Waals surface area (Å²) in [4.78, 5) is 15.9. The van der Waals surface area contributed by atoms with Crippen LogP contribution < -0.4 is 0 Å². The Morgan fingerprint density at radius 1 is 1.71 bits per heavy atom. The quantitative estimate of drug-likeness (QED) is 0.511. The van der Waals surface area contributed by atoms with Crippen LogP contribution in [0.3, 0.4) is 0 Å². The average Bonchev–Trinajstić information content (AvgIpc) is 2.67. The number of aliphatic imine (C=N–C) groups is 1. The Morgan fingerprint density at radius 3 is 2.86 bits per heavy atom. The molecule has 0 bridgehead atoms. The molecule has 3 heteroatoms. The Hall–Kier alpha value is -1.12. The summed E-state index contributed by atoms with van der Waals surface area (Å²) in [5.74, 6) is -0.251. The van der Waals surface area contributed by atoms with E-state index in [1.165, 1.54) is 12.8 Å². The molecule has 1 atom stereocenters. The average molecular weight is 195 g/mol. The van der Waals surface area contributed by atoms with Crippen LogP contribution in [0.25, 0.3) is 0 Å². The van der Waals surface area contributed by atoms with Crippen molar-refractivity contribution in [2.45, 2.75) is 39.2 Å². The number of methoxy groups -OCH3 is 1. The Morgan fingerprint density at radius 2 is 2.43 bits per heavy atom. The molecule has 0 fully saturated rings. The summed E-state index contributed by atoms with van der Waals surface area (Å²) in [5.41, 5.74) is 1.90. The van der Waals surface area contributed by atoms with E-state index in [0.29, 0.717) is 5.57 Å². The summed E-state index contributed by atoms with van der Waals surface area (Å²) in [6.07, 6.45) is 4.74. The minimum atomic E-state index is -0.251. The van der Waals surface area contributed by atoms with Crippen molar-refractivity contribution in [1.29, 1.82) is 0 Å². The van der Waals surface area contributed by atoms with Gasteiger partial charge in [-0.3, -0.25) is 4.99 Å². The maximum absolute atomic E-state index is 11.4. The van der Waals surface area contributed by atoms with Gasteiger partial charge in [-0.1, -0.05) is 13.0 Å². The number of hydrogen-bond donors (Lipinski definition) is 0. The van der Waals surface area contributed by atoms with Crippen LogP contribution in [0.2, 0.25) is 0 Å². The molecule has 0 aliphatic carbocycles. The Kier molecular flexibility index (Phi) is 3.86. The number of rotatable bonds is 3. The number of hydrogen-bond acceptors (Lipinski definition) is 3. The second-order valence-electron chi connectivity index (χ2n) is 3.34. The SMILES string of the molecule is C/C=C(/C(=O)OC)[C@@H]1CCC(CC)=N1. The lowest BCUT2D eigenvalue weighted by Gasteiger charge is -2.08. The molecule has 1 aliphatic heterocycles. The van der Waals surface area contributed by atoms with Crippen molar-refractivity contribution in [3.63, 3.8) is 0 Å². The highest BCUT2D eigenvalue weighted by Gasteiger charge is 2.24. The molecule has 0 unspecified atom stereocenters. The predicted molar refractivity (Wildman–Crippen MR) is 56.5 cm³/mol. The molecular formula is C11H17NO2. The topological polar surface area (TPSA) is 38.7 Å². The first-order valence-electron chi connectivity index (χ1n) is 5.03.